The van der Waals surface area contributed by atoms with E-state index in [0.717, 1.165) is 19.3 Å². The van der Waals surface area contributed by atoms with Crippen molar-refractivity contribution >= 4 is 5.97 Å². The van der Waals surface area contributed by atoms with Crippen LogP contribution in [0.4, 0.5) is 0 Å². The molecular formula is C29H48O7. The molecule has 0 spiro atoms. The van der Waals surface area contributed by atoms with Crippen molar-refractivity contribution in [3.05, 3.63) is 11.6 Å². The largest absolute Gasteiger partial charge is 0.459 e. The second-order valence-electron chi connectivity index (χ2n) is 13.5. The lowest BCUT2D eigenvalue weighted by atomic mass is 9.42. The molecule has 0 heterocycles. The molecule has 0 amide bonds. The molecule has 206 valence electrons. The second kappa shape index (κ2) is 9.33. The van der Waals surface area contributed by atoms with E-state index in [1.807, 2.05) is 0 Å². The van der Waals surface area contributed by atoms with Crippen LogP contribution in [0, 0.1) is 34.5 Å². The van der Waals surface area contributed by atoms with Crippen LogP contribution in [0.25, 0.3) is 0 Å². The monoisotopic (exact) mass is 508 g/mol. The van der Waals surface area contributed by atoms with Gasteiger partial charge in [-0.3, -0.25) is 4.79 Å². The van der Waals surface area contributed by atoms with E-state index in [1.165, 1.54) is 19.8 Å². The number of carbonyl (C=O) groups excluding carboxylic acids is 1. The highest BCUT2D eigenvalue weighted by atomic mass is 16.6. The molecule has 36 heavy (non-hydrogen) atoms. The highest BCUT2D eigenvalue weighted by Gasteiger charge is 2.75. The normalized spacial score (nSPS) is 49.1. The minimum atomic E-state index is -1.88. The van der Waals surface area contributed by atoms with E-state index in [0.29, 0.717) is 29.7 Å². The molecule has 4 rings (SSSR count). The second-order valence-corrected chi connectivity index (χ2v) is 13.5. The Bertz CT molecular complexity index is 887. The van der Waals surface area contributed by atoms with Crippen molar-refractivity contribution in [2.45, 2.75) is 129 Å². The average Bonchev–Trinajstić information content (AvgIpc) is 3.10. The van der Waals surface area contributed by atoms with E-state index in [-0.39, 0.29) is 24.2 Å². The molecule has 3 fully saturated rings. The molecule has 11 atom stereocenters. The van der Waals surface area contributed by atoms with Crippen molar-refractivity contribution in [2.24, 2.45) is 34.5 Å². The molecular weight excluding hydrogens is 460 g/mol. The summed E-state index contributed by atoms with van der Waals surface area (Å²) in [5.74, 6) is 0.967. The SMILES string of the molecule is CC(=O)O[C@@H]1C[C@]2(C)[C@@H]([C@H](C)CCCC(C)C)CC[C@H]2C2=C[C@@H](O)[C@@]3(O)C[C@@H](O)[C@H](O)C[C@]3(C)[C@]21O. The van der Waals surface area contributed by atoms with Crippen molar-refractivity contribution in [1.82, 2.24) is 0 Å². The maximum atomic E-state index is 12.6. The number of carbonyl (C=O) groups is 1. The van der Waals surface area contributed by atoms with Gasteiger partial charge < -0.3 is 30.3 Å². The van der Waals surface area contributed by atoms with Gasteiger partial charge in [-0.25, -0.2) is 0 Å². The van der Waals surface area contributed by atoms with E-state index >= 15 is 0 Å². The van der Waals surface area contributed by atoms with E-state index in [1.54, 1.807) is 13.0 Å². The zero-order chi connectivity index (χ0) is 26.8. The molecule has 0 aliphatic heterocycles. The van der Waals surface area contributed by atoms with Crippen molar-refractivity contribution in [3.8, 4) is 0 Å². The molecule has 0 unspecified atom stereocenters. The third-order valence-electron chi connectivity index (χ3n) is 11.0. The highest BCUT2D eigenvalue weighted by Crippen LogP contribution is 2.69. The molecule has 0 aromatic heterocycles. The summed E-state index contributed by atoms with van der Waals surface area (Å²) in [6, 6.07) is 0. The van der Waals surface area contributed by atoms with E-state index in [4.69, 9.17) is 4.74 Å². The Morgan fingerprint density at radius 3 is 2.28 bits per heavy atom. The van der Waals surface area contributed by atoms with Crippen molar-refractivity contribution in [2.75, 3.05) is 0 Å². The Hall–Kier alpha value is -0.990. The van der Waals surface area contributed by atoms with Gasteiger partial charge in [-0.2, -0.15) is 0 Å². The Balaban J connectivity index is 1.78. The molecule has 4 aliphatic rings. The Kier molecular flexibility index (Phi) is 7.27. The van der Waals surface area contributed by atoms with Crippen molar-refractivity contribution in [1.29, 1.82) is 0 Å². The first-order valence-electron chi connectivity index (χ1n) is 14.0. The van der Waals surface area contributed by atoms with E-state index < -0.39 is 47.0 Å². The summed E-state index contributed by atoms with van der Waals surface area (Å²) >= 11 is 0. The standard InChI is InChI=1S/C29H48O7/c1-16(2)8-7-9-17(3)19-10-11-20-21-12-24(33)28(34)14-23(32)22(31)13-27(28,6)29(21,35)25(36-18(4)30)15-26(19,20)5/h12,16-17,19-20,22-25,31-35H,7-11,13-15H2,1-6H3/t17-,19-,20+,22-,23-,24-,25-,26-,27+,28+,29+/m1/s1. The fraction of sp³-hybridized carbons (Fsp3) is 0.897. The van der Waals surface area contributed by atoms with Crippen LogP contribution in [0.15, 0.2) is 11.6 Å². The number of ether oxygens (including phenoxy) is 1. The number of aliphatic hydroxyl groups excluding tert-OH is 3. The number of esters is 1. The van der Waals surface area contributed by atoms with Crippen LogP contribution in [-0.4, -0.2) is 67.1 Å². The van der Waals surface area contributed by atoms with Crippen molar-refractivity contribution < 1.29 is 35.1 Å². The van der Waals surface area contributed by atoms with Gasteiger partial charge >= 0.3 is 5.97 Å². The third kappa shape index (κ3) is 3.91. The molecule has 0 aromatic rings. The van der Waals surface area contributed by atoms with Gasteiger partial charge in [0.1, 0.15) is 23.4 Å². The van der Waals surface area contributed by atoms with Gasteiger partial charge in [0.25, 0.3) is 0 Å². The van der Waals surface area contributed by atoms with Crippen LogP contribution in [0.5, 0.6) is 0 Å². The zero-order valence-electron chi connectivity index (χ0n) is 22.9. The minimum Gasteiger partial charge on any atom is -0.459 e. The molecule has 4 aliphatic carbocycles. The number of fused-ring (bicyclic) bond motifs is 5. The molecule has 5 N–H and O–H groups in total. The van der Waals surface area contributed by atoms with Gasteiger partial charge in [-0.15, -0.1) is 0 Å². The fourth-order valence-corrected chi connectivity index (χ4v) is 8.95. The number of hydrogen-bond donors (Lipinski definition) is 5. The molecule has 0 saturated heterocycles. The van der Waals surface area contributed by atoms with Crippen LogP contribution in [0.2, 0.25) is 0 Å². The first-order valence-corrected chi connectivity index (χ1v) is 14.0. The van der Waals surface area contributed by atoms with Crippen molar-refractivity contribution in [3.63, 3.8) is 0 Å². The predicted octanol–water partition coefficient (Wildman–Crippen LogP) is 3.10. The maximum absolute atomic E-state index is 12.6. The van der Waals surface area contributed by atoms with Gasteiger partial charge in [0.05, 0.1) is 12.2 Å². The summed E-state index contributed by atoms with van der Waals surface area (Å²) in [7, 11) is 0. The molecule has 0 bridgehead atoms. The summed E-state index contributed by atoms with van der Waals surface area (Å²) < 4.78 is 5.87. The highest BCUT2D eigenvalue weighted by molar-refractivity contribution is 5.66. The number of aliphatic hydroxyl groups is 5. The summed E-state index contributed by atoms with van der Waals surface area (Å²) in [4.78, 5) is 12.3. The van der Waals surface area contributed by atoms with Gasteiger partial charge in [0.2, 0.25) is 0 Å². The van der Waals surface area contributed by atoms with Gasteiger partial charge in [0, 0.05) is 18.8 Å². The quantitative estimate of drug-likeness (QED) is 0.276. The lowest BCUT2D eigenvalue weighted by molar-refractivity contribution is -0.297. The van der Waals surface area contributed by atoms with Crippen LogP contribution in [0.3, 0.4) is 0 Å². The molecule has 0 aromatic carbocycles. The minimum absolute atomic E-state index is 0.0353. The van der Waals surface area contributed by atoms with Crippen LogP contribution in [0.1, 0.15) is 92.9 Å². The Labute approximate surface area is 215 Å². The predicted molar refractivity (Wildman–Crippen MR) is 136 cm³/mol. The average molecular weight is 509 g/mol. The molecule has 3 saturated carbocycles. The summed E-state index contributed by atoms with van der Waals surface area (Å²) in [6.07, 6.45) is 2.31. The van der Waals surface area contributed by atoms with E-state index in [9.17, 15) is 30.3 Å². The van der Waals surface area contributed by atoms with E-state index in [2.05, 4.69) is 27.7 Å². The Morgan fingerprint density at radius 1 is 1.03 bits per heavy atom. The first kappa shape index (κ1) is 28.0. The van der Waals surface area contributed by atoms with Crippen LogP contribution < -0.4 is 0 Å². The third-order valence-corrected chi connectivity index (χ3v) is 11.0. The first-order chi connectivity index (χ1) is 16.6. The lowest BCUT2D eigenvalue weighted by Crippen LogP contribution is -2.78. The van der Waals surface area contributed by atoms with Gasteiger partial charge in [0.15, 0.2) is 0 Å². The lowest BCUT2D eigenvalue weighted by Gasteiger charge is -2.67. The Morgan fingerprint density at radius 2 is 1.67 bits per heavy atom. The summed E-state index contributed by atoms with van der Waals surface area (Å²) in [6.45, 7) is 12.0. The summed E-state index contributed by atoms with van der Waals surface area (Å²) in [5.41, 5.74) is -4.69. The number of hydrogen-bond acceptors (Lipinski definition) is 7. The zero-order valence-corrected chi connectivity index (χ0v) is 22.9. The topological polar surface area (TPSA) is 127 Å². The number of rotatable bonds is 6. The summed E-state index contributed by atoms with van der Waals surface area (Å²) in [5, 5.41) is 56.7. The smallest absolute Gasteiger partial charge is 0.303 e. The maximum Gasteiger partial charge on any atom is 0.303 e. The molecule has 7 nitrogen and oxygen atoms in total. The fourth-order valence-electron chi connectivity index (χ4n) is 8.95. The molecule has 7 heteroatoms. The molecule has 0 radical (unpaired) electrons. The van der Waals surface area contributed by atoms with Crippen LogP contribution >= 0.6 is 0 Å². The van der Waals surface area contributed by atoms with Crippen LogP contribution in [-0.2, 0) is 9.53 Å². The van der Waals surface area contributed by atoms with Gasteiger partial charge in [-0.1, -0.05) is 60.0 Å². The van der Waals surface area contributed by atoms with Gasteiger partial charge in [-0.05, 0) is 60.3 Å².